The van der Waals surface area contributed by atoms with Crippen molar-refractivity contribution < 1.29 is 32.3 Å². The number of carboxylic acid groups (broad SMARTS) is 1. The lowest BCUT2D eigenvalue weighted by Crippen LogP contribution is -2.32. The van der Waals surface area contributed by atoms with Crippen molar-refractivity contribution >= 4 is 11.9 Å². The van der Waals surface area contributed by atoms with Crippen LogP contribution in [-0.4, -0.2) is 69.8 Å². The van der Waals surface area contributed by atoms with Gasteiger partial charge in [-0.05, 0) is 32.3 Å². The van der Waals surface area contributed by atoms with Crippen molar-refractivity contribution in [3.63, 3.8) is 0 Å². The number of aryl methyl sites for hydroxylation is 1. The van der Waals surface area contributed by atoms with E-state index in [0.29, 0.717) is 23.6 Å². The SMILES string of the molecule is CN(C)CCNC(=O)c1cc(-c2cnc(-c3cccc(F)c3)nc2)cn1C.O=C(O)C(F)(F)F. The molecular formula is C22H23F4N5O3. The summed E-state index contributed by atoms with van der Waals surface area (Å²) >= 11 is 0. The Morgan fingerprint density at radius 1 is 1.09 bits per heavy atom. The zero-order valence-corrected chi connectivity index (χ0v) is 18.6. The van der Waals surface area contributed by atoms with Crippen LogP contribution in [0.3, 0.4) is 0 Å². The number of hydrogen-bond acceptors (Lipinski definition) is 5. The van der Waals surface area contributed by atoms with Crippen LogP contribution in [0.25, 0.3) is 22.5 Å². The van der Waals surface area contributed by atoms with Crippen molar-refractivity contribution in [1.29, 1.82) is 0 Å². The Kier molecular flexibility index (Phi) is 8.84. The van der Waals surface area contributed by atoms with Crippen LogP contribution in [0.15, 0.2) is 48.9 Å². The number of rotatable bonds is 6. The highest BCUT2D eigenvalue weighted by molar-refractivity contribution is 5.94. The third kappa shape index (κ3) is 7.66. The van der Waals surface area contributed by atoms with Gasteiger partial charge in [-0.3, -0.25) is 4.79 Å². The van der Waals surface area contributed by atoms with E-state index in [1.54, 1.807) is 29.1 Å². The van der Waals surface area contributed by atoms with Crippen LogP contribution in [0.4, 0.5) is 17.6 Å². The molecule has 182 valence electrons. The van der Waals surface area contributed by atoms with Crippen molar-refractivity contribution in [2.75, 3.05) is 27.2 Å². The average molecular weight is 481 g/mol. The largest absolute Gasteiger partial charge is 0.490 e. The van der Waals surface area contributed by atoms with E-state index in [1.165, 1.54) is 12.1 Å². The van der Waals surface area contributed by atoms with E-state index in [9.17, 15) is 22.4 Å². The zero-order valence-electron chi connectivity index (χ0n) is 18.6. The van der Waals surface area contributed by atoms with E-state index >= 15 is 0 Å². The van der Waals surface area contributed by atoms with E-state index in [0.717, 1.165) is 17.7 Å². The summed E-state index contributed by atoms with van der Waals surface area (Å²) in [6, 6.07) is 7.98. The molecular weight excluding hydrogens is 458 g/mol. The van der Waals surface area contributed by atoms with Crippen molar-refractivity contribution in [2.24, 2.45) is 7.05 Å². The second-order valence-electron chi connectivity index (χ2n) is 7.39. The molecule has 1 aromatic carbocycles. The quantitative estimate of drug-likeness (QED) is 0.525. The molecule has 0 atom stereocenters. The van der Waals surface area contributed by atoms with Crippen molar-refractivity contribution in [3.8, 4) is 22.5 Å². The Balaban J connectivity index is 0.000000509. The smallest absolute Gasteiger partial charge is 0.475 e. The van der Waals surface area contributed by atoms with E-state index in [-0.39, 0.29) is 11.7 Å². The lowest BCUT2D eigenvalue weighted by atomic mass is 10.1. The third-order valence-electron chi connectivity index (χ3n) is 4.39. The number of hydrogen-bond donors (Lipinski definition) is 2. The van der Waals surface area contributed by atoms with E-state index in [1.807, 2.05) is 38.3 Å². The lowest BCUT2D eigenvalue weighted by Gasteiger charge is -2.10. The van der Waals surface area contributed by atoms with Crippen molar-refractivity contribution in [1.82, 2.24) is 24.8 Å². The molecule has 0 fully saturated rings. The van der Waals surface area contributed by atoms with Gasteiger partial charge in [0.15, 0.2) is 5.82 Å². The molecule has 34 heavy (non-hydrogen) atoms. The maximum absolute atomic E-state index is 13.4. The second-order valence-corrected chi connectivity index (χ2v) is 7.39. The van der Waals surface area contributed by atoms with Gasteiger partial charge in [0.25, 0.3) is 5.91 Å². The molecule has 8 nitrogen and oxygen atoms in total. The Morgan fingerprint density at radius 3 is 2.24 bits per heavy atom. The minimum atomic E-state index is -5.08. The topological polar surface area (TPSA) is 100 Å². The van der Waals surface area contributed by atoms with Crippen LogP contribution in [0.2, 0.25) is 0 Å². The summed E-state index contributed by atoms with van der Waals surface area (Å²) in [5.74, 6) is -2.75. The van der Waals surface area contributed by atoms with Gasteiger partial charge in [-0.2, -0.15) is 13.2 Å². The van der Waals surface area contributed by atoms with Crippen LogP contribution in [0.1, 0.15) is 10.5 Å². The summed E-state index contributed by atoms with van der Waals surface area (Å²) in [5.41, 5.74) is 2.83. The number of nitrogens with one attached hydrogen (secondary N) is 1. The predicted octanol–water partition coefficient (Wildman–Crippen LogP) is 3.21. The molecule has 0 unspecified atom stereocenters. The molecule has 0 aliphatic heterocycles. The Bertz CT molecular complexity index is 1130. The van der Waals surface area contributed by atoms with Gasteiger partial charge in [0.05, 0.1) is 0 Å². The molecule has 3 rings (SSSR count). The highest BCUT2D eigenvalue weighted by Crippen LogP contribution is 2.23. The van der Waals surface area contributed by atoms with Crippen molar-refractivity contribution in [2.45, 2.75) is 6.18 Å². The molecule has 3 aromatic rings. The molecule has 0 saturated carbocycles. The number of carbonyl (C=O) groups is 2. The van der Waals surface area contributed by atoms with Crippen LogP contribution < -0.4 is 5.32 Å². The second kappa shape index (κ2) is 11.4. The maximum Gasteiger partial charge on any atom is 0.490 e. The predicted molar refractivity (Wildman–Crippen MR) is 116 cm³/mol. The Labute approximate surface area is 192 Å². The number of benzene rings is 1. The summed E-state index contributed by atoms with van der Waals surface area (Å²) in [6.07, 6.45) is 0.133. The van der Waals surface area contributed by atoms with Gasteiger partial charge in [0, 0.05) is 55.4 Å². The van der Waals surface area contributed by atoms with Gasteiger partial charge in [-0.15, -0.1) is 0 Å². The molecule has 2 heterocycles. The summed E-state index contributed by atoms with van der Waals surface area (Å²) in [7, 11) is 5.74. The first kappa shape index (κ1) is 26.5. The summed E-state index contributed by atoms with van der Waals surface area (Å²) in [4.78, 5) is 31.9. The molecule has 0 saturated heterocycles. The number of likely N-dealkylation sites (N-methyl/N-ethyl adjacent to an activating group) is 1. The van der Waals surface area contributed by atoms with Gasteiger partial charge in [-0.1, -0.05) is 12.1 Å². The minimum absolute atomic E-state index is 0.122. The monoisotopic (exact) mass is 481 g/mol. The molecule has 2 aromatic heterocycles. The molecule has 0 spiro atoms. The van der Waals surface area contributed by atoms with Gasteiger partial charge in [0.2, 0.25) is 0 Å². The number of amides is 1. The number of aliphatic carboxylic acids is 1. The number of alkyl halides is 3. The fourth-order valence-corrected chi connectivity index (χ4v) is 2.69. The van der Waals surface area contributed by atoms with Gasteiger partial charge in [-0.25, -0.2) is 19.2 Å². The first-order chi connectivity index (χ1) is 15.9. The van der Waals surface area contributed by atoms with E-state index in [4.69, 9.17) is 9.90 Å². The molecule has 0 aliphatic rings. The number of aromatic nitrogens is 3. The van der Waals surface area contributed by atoms with Crippen LogP contribution in [-0.2, 0) is 11.8 Å². The summed E-state index contributed by atoms with van der Waals surface area (Å²) in [5, 5.41) is 10.0. The molecule has 0 radical (unpaired) electrons. The zero-order chi connectivity index (χ0) is 25.5. The lowest BCUT2D eigenvalue weighted by molar-refractivity contribution is -0.192. The summed E-state index contributed by atoms with van der Waals surface area (Å²) < 4.78 is 46.9. The normalized spacial score (nSPS) is 11.1. The number of carbonyl (C=O) groups excluding carboxylic acids is 1. The third-order valence-corrected chi connectivity index (χ3v) is 4.39. The maximum atomic E-state index is 13.4. The minimum Gasteiger partial charge on any atom is -0.475 e. The molecule has 12 heteroatoms. The Morgan fingerprint density at radius 2 is 1.71 bits per heavy atom. The first-order valence-corrected chi connectivity index (χ1v) is 9.86. The highest BCUT2D eigenvalue weighted by atomic mass is 19.4. The van der Waals surface area contributed by atoms with E-state index in [2.05, 4.69) is 15.3 Å². The highest BCUT2D eigenvalue weighted by Gasteiger charge is 2.38. The molecule has 2 N–H and O–H groups in total. The molecule has 1 amide bonds. The van der Waals surface area contributed by atoms with E-state index < -0.39 is 12.1 Å². The van der Waals surface area contributed by atoms with Crippen LogP contribution >= 0.6 is 0 Å². The van der Waals surface area contributed by atoms with Gasteiger partial charge < -0.3 is 19.9 Å². The van der Waals surface area contributed by atoms with Gasteiger partial charge in [0.1, 0.15) is 11.5 Å². The number of nitrogens with zero attached hydrogens (tertiary/aromatic N) is 4. The van der Waals surface area contributed by atoms with Crippen LogP contribution in [0, 0.1) is 5.82 Å². The fraction of sp³-hybridized carbons (Fsp3) is 0.273. The summed E-state index contributed by atoms with van der Waals surface area (Å²) in [6.45, 7) is 1.36. The number of carboxylic acids is 1. The molecule has 0 bridgehead atoms. The van der Waals surface area contributed by atoms with Crippen molar-refractivity contribution in [3.05, 3.63) is 60.4 Å². The fourth-order valence-electron chi connectivity index (χ4n) is 2.69. The molecule has 0 aliphatic carbocycles. The first-order valence-electron chi connectivity index (χ1n) is 9.86. The van der Waals surface area contributed by atoms with Crippen LogP contribution in [0.5, 0.6) is 0 Å². The Hall–Kier alpha value is -3.80. The van der Waals surface area contributed by atoms with Gasteiger partial charge >= 0.3 is 12.1 Å². The average Bonchev–Trinajstić information content (AvgIpc) is 3.15. The standard InChI is InChI=1S/C20H22FN5O.C2HF3O2/c1-25(2)8-7-22-20(27)18-10-15(13-26(18)3)16-11-23-19(24-12-16)14-5-4-6-17(21)9-14;3-2(4,5)1(6)7/h4-6,9-13H,7-8H2,1-3H3,(H,22,27);(H,6,7). The number of halogens is 4.